The number of rotatable bonds is 7. The number of aliphatic hydroxyl groups excluding tert-OH is 1. The second kappa shape index (κ2) is 8.03. The van der Waals surface area contributed by atoms with E-state index in [2.05, 4.69) is 10.3 Å². The van der Waals surface area contributed by atoms with E-state index in [1.54, 1.807) is 0 Å². The molecular formula is C16H21N3O2S. The fraction of sp³-hybridized carbons (Fsp3) is 0.375. The van der Waals surface area contributed by atoms with Crippen molar-refractivity contribution in [3.05, 3.63) is 40.9 Å². The van der Waals surface area contributed by atoms with Gasteiger partial charge in [-0.15, -0.1) is 11.3 Å². The van der Waals surface area contributed by atoms with E-state index in [0.717, 1.165) is 21.8 Å². The standard InChI is InChI=1S/C16H21N3O2S/c1-2-13(9-20)18-15(21)7-14-10-22-16(19-14)12-5-3-11(8-17)4-6-12/h3-6,10,13,20H,2,7-9,17H2,1H3,(H,18,21). The van der Waals surface area contributed by atoms with Crippen molar-refractivity contribution in [1.82, 2.24) is 10.3 Å². The number of benzene rings is 1. The van der Waals surface area contributed by atoms with Crippen LogP contribution in [0.1, 0.15) is 24.6 Å². The minimum absolute atomic E-state index is 0.0436. The highest BCUT2D eigenvalue weighted by Gasteiger charge is 2.12. The Balaban J connectivity index is 2.00. The van der Waals surface area contributed by atoms with E-state index in [4.69, 9.17) is 10.8 Å². The average Bonchev–Trinajstić information content (AvgIpc) is 3.01. The van der Waals surface area contributed by atoms with Gasteiger partial charge in [0, 0.05) is 17.5 Å². The molecule has 2 aromatic rings. The van der Waals surface area contributed by atoms with Crippen molar-refractivity contribution >= 4 is 17.2 Å². The van der Waals surface area contributed by atoms with E-state index in [0.29, 0.717) is 13.0 Å². The van der Waals surface area contributed by atoms with Crippen molar-refractivity contribution in [2.24, 2.45) is 5.73 Å². The largest absolute Gasteiger partial charge is 0.394 e. The van der Waals surface area contributed by atoms with E-state index < -0.39 is 0 Å². The molecule has 0 saturated carbocycles. The monoisotopic (exact) mass is 319 g/mol. The van der Waals surface area contributed by atoms with Gasteiger partial charge < -0.3 is 16.2 Å². The maximum absolute atomic E-state index is 11.9. The summed E-state index contributed by atoms with van der Waals surface area (Å²) in [5.74, 6) is -0.115. The quantitative estimate of drug-likeness (QED) is 0.725. The minimum atomic E-state index is -0.186. The van der Waals surface area contributed by atoms with Crippen molar-refractivity contribution in [3.8, 4) is 10.6 Å². The maximum atomic E-state index is 11.9. The Bertz CT molecular complexity index is 606. The van der Waals surface area contributed by atoms with Crippen LogP contribution in [0, 0.1) is 0 Å². The molecule has 1 aromatic carbocycles. The summed E-state index contributed by atoms with van der Waals surface area (Å²) in [5, 5.41) is 14.7. The second-order valence-corrected chi connectivity index (χ2v) is 5.94. The summed E-state index contributed by atoms with van der Waals surface area (Å²) >= 11 is 1.52. The number of carbonyl (C=O) groups is 1. The molecule has 6 heteroatoms. The zero-order valence-corrected chi connectivity index (χ0v) is 13.4. The summed E-state index contributed by atoms with van der Waals surface area (Å²) in [4.78, 5) is 16.4. The Hall–Kier alpha value is -1.76. The van der Waals surface area contributed by atoms with Crippen molar-refractivity contribution in [3.63, 3.8) is 0 Å². The van der Waals surface area contributed by atoms with Crippen LogP contribution in [0.15, 0.2) is 29.6 Å². The van der Waals surface area contributed by atoms with Crippen molar-refractivity contribution in [2.75, 3.05) is 6.61 Å². The first kappa shape index (κ1) is 16.6. The van der Waals surface area contributed by atoms with Gasteiger partial charge in [0.15, 0.2) is 0 Å². The SMILES string of the molecule is CCC(CO)NC(=O)Cc1csc(-c2ccc(CN)cc2)n1. The molecule has 1 atom stereocenters. The number of hydrogen-bond acceptors (Lipinski definition) is 5. The summed E-state index contributed by atoms with van der Waals surface area (Å²) < 4.78 is 0. The van der Waals surface area contributed by atoms with Gasteiger partial charge in [0.25, 0.3) is 0 Å². The Kier molecular flexibility index (Phi) is 6.06. The van der Waals surface area contributed by atoms with Crippen LogP contribution in [0.25, 0.3) is 10.6 Å². The van der Waals surface area contributed by atoms with Gasteiger partial charge in [0.05, 0.1) is 24.8 Å². The molecule has 4 N–H and O–H groups in total. The van der Waals surface area contributed by atoms with Gasteiger partial charge in [-0.3, -0.25) is 4.79 Å². The van der Waals surface area contributed by atoms with Gasteiger partial charge in [-0.05, 0) is 12.0 Å². The fourth-order valence-corrected chi connectivity index (χ4v) is 2.85. The van der Waals surface area contributed by atoms with Gasteiger partial charge in [-0.1, -0.05) is 31.2 Å². The Labute approximate surface area is 134 Å². The van der Waals surface area contributed by atoms with Crippen LogP contribution >= 0.6 is 11.3 Å². The molecule has 0 spiro atoms. The van der Waals surface area contributed by atoms with Crippen molar-refractivity contribution in [2.45, 2.75) is 32.4 Å². The van der Waals surface area contributed by atoms with Crippen LogP contribution in [0.2, 0.25) is 0 Å². The summed E-state index contributed by atoms with van der Waals surface area (Å²) in [6.45, 7) is 2.40. The molecule has 22 heavy (non-hydrogen) atoms. The maximum Gasteiger partial charge on any atom is 0.226 e. The van der Waals surface area contributed by atoms with Crippen molar-refractivity contribution in [1.29, 1.82) is 0 Å². The van der Waals surface area contributed by atoms with Gasteiger partial charge in [0.2, 0.25) is 5.91 Å². The number of hydrogen-bond donors (Lipinski definition) is 3. The lowest BCUT2D eigenvalue weighted by molar-refractivity contribution is -0.121. The number of thiazole rings is 1. The van der Waals surface area contributed by atoms with Crippen LogP contribution in [0.3, 0.4) is 0 Å². The van der Waals surface area contributed by atoms with Gasteiger partial charge in [0.1, 0.15) is 5.01 Å². The molecule has 0 fully saturated rings. The molecule has 0 aliphatic rings. The van der Waals surface area contributed by atoms with Gasteiger partial charge >= 0.3 is 0 Å². The Morgan fingerprint density at radius 2 is 2.14 bits per heavy atom. The Morgan fingerprint density at radius 1 is 1.41 bits per heavy atom. The lowest BCUT2D eigenvalue weighted by Gasteiger charge is -2.13. The number of nitrogens with one attached hydrogen (secondary N) is 1. The number of carbonyl (C=O) groups excluding carboxylic acids is 1. The number of aliphatic hydroxyl groups is 1. The smallest absolute Gasteiger partial charge is 0.226 e. The Morgan fingerprint density at radius 3 is 2.73 bits per heavy atom. The number of aromatic nitrogens is 1. The molecule has 0 aliphatic carbocycles. The predicted molar refractivity (Wildman–Crippen MR) is 88.5 cm³/mol. The third-order valence-electron chi connectivity index (χ3n) is 3.41. The van der Waals surface area contributed by atoms with E-state index in [-0.39, 0.29) is 25.0 Å². The first-order chi connectivity index (χ1) is 10.7. The lowest BCUT2D eigenvalue weighted by atomic mass is 10.1. The summed E-state index contributed by atoms with van der Waals surface area (Å²) in [6, 6.07) is 7.76. The first-order valence-electron chi connectivity index (χ1n) is 7.30. The highest BCUT2D eigenvalue weighted by Crippen LogP contribution is 2.24. The molecule has 5 nitrogen and oxygen atoms in total. The molecule has 1 heterocycles. The fourth-order valence-electron chi connectivity index (χ4n) is 2.02. The summed E-state index contributed by atoms with van der Waals surface area (Å²) in [5.41, 5.74) is 8.43. The number of nitrogens with zero attached hydrogens (tertiary/aromatic N) is 1. The van der Waals surface area contributed by atoms with Crippen LogP contribution in [-0.2, 0) is 17.8 Å². The topological polar surface area (TPSA) is 88.2 Å². The molecule has 1 amide bonds. The molecule has 0 aliphatic heterocycles. The minimum Gasteiger partial charge on any atom is -0.394 e. The third kappa shape index (κ3) is 4.37. The van der Waals surface area contributed by atoms with Crippen molar-refractivity contribution < 1.29 is 9.90 Å². The molecule has 0 radical (unpaired) electrons. The molecule has 1 unspecified atom stereocenters. The first-order valence-corrected chi connectivity index (χ1v) is 8.18. The summed E-state index contributed by atoms with van der Waals surface area (Å²) in [7, 11) is 0. The summed E-state index contributed by atoms with van der Waals surface area (Å²) in [6.07, 6.45) is 0.936. The molecule has 1 aromatic heterocycles. The average molecular weight is 319 g/mol. The molecule has 0 saturated heterocycles. The van der Waals surface area contributed by atoms with E-state index in [9.17, 15) is 4.79 Å². The van der Waals surface area contributed by atoms with Crippen LogP contribution in [-0.4, -0.2) is 28.6 Å². The highest BCUT2D eigenvalue weighted by molar-refractivity contribution is 7.13. The van der Waals surface area contributed by atoms with Gasteiger partial charge in [-0.25, -0.2) is 4.98 Å². The van der Waals surface area contributed by atoms with E-state index >= 15 is 0 Å². The second-order valence-electron chi connectivity index (χ2n) is 5.08. The van der Waals surface area contributed by atoms with Crippen LogP contribution in [0.4, 0.5) is 0 Å². The van der Waals surface area contributed by atoms with Crippen LogP contribution < -0.4 is 11.1 Å². The van der Waals surface area contributed by atoms with E-state index in [1.807, 2.05) is 36.6 Å². The molecule has 118 valence electrons. The number of nitrogens with two attached hydrogens (primary N) is 1. The zero-order chi connectivity index (χ0) is 15.9. The predicted octanol–water partition coefficient (Wildman–Crippen LogP) is 1.70. The highest BCUT2D eigenvalue weighted by atomic mass is 32.1. The molecule has 0 bridgehead atoms. The molecular weight excluding hydrogens is 298 g/mol. The van der Waals surface area contributed by atoms with E-state index in [1.165, 1.54) is 11.3 Å². The lowest BCUT2D eigenvalue weighted by Crippen LogP contribution is -2.37. The third-order valence-corrected chi connectivity index (χ3v) is 4.35. The van der Waals surface area contributed by atoms with Gasteiger partial charge in [-0.2, -0.15) is 0 Å². The molecule has 2 rings (SSSR count). The zero-order valence-electron chi connectivity index (χ0n) is 12.6. The number of amides is 1. The normalized spacial score (nSPS) is 12.1. The van der Waals surface area contributed by atoms with Crippen LogP contribution in [0.5, 0.6) is 0 Å².